The van der Waals surface area contributed by atoms with E-state index >= 15 is 0 Å². The Hall–Kier alpha value is -2.87. The second-order valence-electron chi connectivity index (χ2n) is 7.47. The summed E-state index contributed by atoms with van der Waals surface area (Å²) in [5.74, 6) is -0.870. The lowest BCUT2D eigenvalue weighted by atomic mass is 10.0. The van der Waals surface area contributed by atoms with Gasteiger partial charge in [0, 0.05) is 13.2 Å². The first kappa shape index (κ1) is 21.4. The van der Waals surface area contributed by atoms with E-state index in [4.69, 9.17) is 19.3 Å². The van der Waals surface area contributed by atoms with E-state index < -0.39 is 43.1 Å². The molecule has 1 amide bonds. The number of aliphatic carboxylic acids is 1. The Labute approximate surface area is 176 Å². The van der Waals surface area contributed by atoms with Crippen molar-refractivity contribution >= 4 is 23.2 Å². The minimum absolute atomic E-state index is 0.354. The zero-order valence-electron chi connectivity index (χ0n) is 16.5. The predicted octanol–water partition coefficient (Wildman–Crippen LogP) is -1.16. The molecule has 13 heteroatoms. The Kier molecular flexibility index (Phi) is 6.27. The maximum absolute atomic E-state index is 11.5. The van der Waals surface area contributed by atoms with Gasteiger partial charge in [-0.2, -0.15) is 0 Å². The van der Waals surface area contributed by atoms with Crippen molar-refractivity contribution in [2.45, 2.75) is 37.4 Å². The van der Waals surface area contributed by atoms with Gasteiger partial charge >= 0.3 is 12.1 Å². The molecule has 0 aliphatic carbocycles. The van der Waals surface area contributed by atoms with Crippen LogP contribution in [0.4, 0.5) is 4.79 Å². The van der Waals surface area contributed by atoms with Crippen molar-refractivity contribution in [2.75, 3.05) is 26.4 Å². The number of fused-ring (bicyclic) bond motifs is 1. The fourth-order valence-electron chi connectivity index (χ4n) is 3.71. The summed E-state index contributed by atoms with van der Waals surface area (Å²) in [4.78, 5) is 35.0. The van der Waals surface area contributed by atoms with Crippen LogP contribution in [0, 0.1) is 5.92 Å². The molecule has 4 rings (SSSR count). The lowest BCUT2D eigenvalue weighted by Gasteiger charge is -2.16. The molecule has 2 aromatic heterocycles. The molecule has 2 fully saturated rings. The first-order valence-corrected chi connectivity index (χ1v) is 9.82. The van der Waals surface area contributed by atoms with Crippen LogP contribution < -0.4 is 5.32 Å². The predicted molar refractivity (Wildman–Crippen MR) is 101 cm³/mol. The summed E-state index contributed by atoms with van der Waals surface area (Å²) in [6, 6.07) is 0. The van der Waals surface area contributed by atoms with Crippen molar-refractivity contribution in [1.82, 2.24) is 24.8 Å². The summed E-state index contributed by atoms with van der Waals surface area (Å²) >= 11 is 0. The Morgan fingerprint density at radius 2 is 2.10 bits per heavy atom. The standard InChI is InChI=1S/C18H23N5O8/c24-12(25)4-19-18(28)30-6-11-14(26)15(27)17(31-11)23-8-22-13-10(20-7-21-16(13)23)3-9-1-2-29-5-9/h7-9,11,14-15,17,26-27H,1-6H2,(H,19,28)(H,24,25)/t9-,11+,14+,15+,17?/m0/s1. The van der Waals surface area contributed by atoms with Crippen LogP contribution in [0.15, 0.2) is 12.7 Å². The van der Waals surface area contributed by atoms with Crippen LogP contribution in [0.3, 0.4) is 0 Å². The average Bonchev–Trinajstić information content (AvgIpc) is 3.47. The smallest absolute Gasteiger partial charge is 0.407 e. The van der Waals surface area contributed by atoms with Crippen LogP contribution in [-0.4, -0.2) is 91.6 Å². The fourth-order valence-corrected chi connectivity index (χ4v) is 3.71. The maximum atomic E-state index is 11.5. The summed E-state index contributed by atoms with van der Waals surface area (Å²) in [6.07, 6.45) is -1.16. The minimum atomic E-state index is -1.34. The van der Waals surface area contributed by atoms with E-state index in [1.165, 1.54) is 17.2 Å². The third kappa shape index (κ3) is 4.58. The first-order valence-electron chi connectivity index (χ1n) is 9.82. The van der Waals surface area contributed by atoms with Gasteiger partial charge in [0.2, 0.25) is 0 Å². The number of ether oxygens (including phenoxy) is 3. The molecule has 2 saturated heterocycles. The number of aromatic nitrogens is 4. The third-order valence-corrected chi connectivity index (χ3v) is 5.31. The molecule has 2 aliphatic rings. The molecule has 5 atom stereocenters. The molecule has 31 heavy (non-hydrogen) atoms. The van der Waals surface area contributed by atoms with Gasteiger partial charge < -0.3 is 34.8 Å². The number of aliphatic hydroxyl groups is 2. The average molecular weight is 437 g/mol. The van der Waals surface area contributed by atoms with Gasteiger partial charge in [0.25, 0.3) is 0 Å². The number of nitrogens with zero attached hydrogens (tertiary/aromatic N) is 4. The molecule has 168 valence electrons. The van der Waals surface area contributed by atoms with E-state index in [1.807, 2.05) is 5.32 Å². The zero-order valence-corrected chi connectivity index (χ0v) is 16.5. The van der Waals surface area contributed by atoms with Crippen LogP contribution in [0.2, 0.25) is 0 Å². The molecule has 4 N–H and O–H groups in total. The summed E-state index contributed by atoms with van der Waals surface area (Å²) in [5, 5.41) is 31.4. The van der Waals surface area contributed by atoms with Gasteiger partial charge in [-0.25, -0.2) is 19.7 Å². The summed E-state index contributed by atoms with van der Waals surface area (Å²) in [5.41, 5.74) is 1.79. The van der Waals surface area contributed by atoms with Crippen LogP contribution >= 0.6 is 0 Å². The van der Waals surface area contributed by atoms with Crippen molar-refractivity contribution in [3.63, 3.8) is 0 Å². The summed E-state index contributed by atoms with van der Waals surface area (Å²) in [6.45, 7) is 0.415. The zero-order chi connectivity index (χ0) is 22.0. The molecule has 2 aliphatic heterocycles. The molecule has 0 saturated carbocycles. The molecule has 0 radical (unpaired) electrons. The highest BCUT2D eigenvalue weighted by atomic mass is 16.6. The van der Waals surface area contributed by atoms with Crippen LogP contribution in [0.1, 0.15) is 18.3 Å². The molecule has 2 aromatic rings. The number of imidazole rings is 1. The Balaban J connectivity index is 1.45. The van der Waals surface area contributed by atoms with E-state index in [2.05, 4.69) is 15.0 Å². The van der Waals surface area contributed by atoms with E-state index in [9.17, 15) is 19.8 Å². The quantitative estimate of drug-likeness (QED) is 0.410. The topological polar surface area (TPSA) is 178 Å². The highest BCUT2D eigenvalue weighted by Crippen LogP contribution is 2.32. The number of nitrogens with one attached hydrogen (secondary N) is 1. The number of rotatable bonds is 7. The second kappa shape index (κ2) is 9.09. The number of carboxylic acid groups (broad SMARTS) is 1. The molecule has 0 aromatic carbocycles. The number of carboxylic acids is 1. The Morgan fingerprint density at radius 3 is 2.84 bits per heavy atom. The first-order chi connectivity index (χ1) is 14.9. The van der Waals surface area contributed by atoms with E-state index in [0.29, 0.717) is 30.1 Å². The van der Waals surface area contributed by atoms with Crippen molar-refractivity contribution in [2.24, 2.45) is 5.92 Å². The van der Waals surface area contributed by atoms with E-state index in [1.54, 1.807) is 0 Å². The van der Waals surface area contributed by atoms with Gasteiger partial charge in [0.1, 0.15) is 43.3 Å². The number of hydrogen-bond acceptors (Lipinski definition) is 10. The van der Waals surface area contributed by atoms with Crippen molar-refractivity contribution < 1.29 is 39.1 Å². The minimum Gasteiger partial charge on any atom is -0.480 e. The molecular formula is C18H23N5O8. The number of carbonyl (C=O) groups is 2. The number of aliphatic hydroxyl groups excluding tert-OH is 2. The molecule has 0 bridgehead atoms. The Bertz CT molecular complexity index is 946. The highest BCUT2D eigenvalue weighted by molar-refractivity contribution is 5.76. The summed E-state index contributed by atoms with van der Waals surface area (Å²) < 4.78 is 17.5. The van der Waals surface area contributed by atoms with Crippen LogP contribution in [-0.2, 0) is 25.4 Å². The third-order valence-electron chi connectivity index (χ3n) is 5.31. The van der Waals surface area contributed by atoms with Gasteiger partial charge in [-0.05, 0) is 18.8 Å². The molecule has 0 spiro atoms. The lowest BCUT2D eigenvalue weighted by Crippen LogP contribution is -2.37. The van der Waals surface area contributed by atoms with Crippen molar-refractivity contribution in [3.05, 3.63) is 18.3 Å². The summed E-state index contributed by atoms with van der Waals surface area (Å²) in [7, 11) is 0. The van der Waals surface area contributed by atoms with Crippen molar-refractivity contribution in [3.8, 4) is 0 Å². The normalized spacial score (nSPS) is 28.1. The Morgan fingerprint density at radius 1 is 1.26 bits per heavy atom. The molecule has 13 nitrogen and oxygen atoms in total. The molecule has 1 unspecified atom stereocenters. The van der Waals surface area contributed by atoms with Gasteiger partial charge in [0.15, 0.2) is 11.9 Å². The number of carbonyl (C=O) groups excluding carboxylic acids is 1. The van der Waals surface area contributed by atoms with Gasteiger partial charge in [-0.3, -0.25) is 9.36 Å². The number of alkyl carbamates (subject to hydrolysis) is 1. The van der Waals surface area contributed by atoms with E-state index in [-0.39, 0.29) is 6.61 Å². The number of hydrogen-bond donors (Lipinski definition) is 4. The van der Waals surface area contributed by atoms with Gasteiger partial charge in [-0.1, -0.05) is 0 Å². The SMILES string of the molecule is O=C(O)CNC(=O)OC[C@H]1OC(n2cnc3c(C[C@@H]4CCOC4)ncnc32)[C@H](O)[C@@H]1O. The largest absolute Gasteiger partial charge is 0.480 e. The molecular weight excluding hydrogens is 414 g/mol. The monoisotopic (exact) mass is 437 g/mol. The van der Waals surface area contributed by atoms with Crippen molar-refractivity contribution in [1.29, 1.82) is 0 Å². The van der Waals surface area contributed by atoms with E-state index in [0.717, 1.165) is 18.7 Å². The van der Waals surface area contributed by atoms with Crippen LogP contribution in [0.25, 0.3) is 11.2 Å². The van der Waals surface area contributed by atoms with Gasteiger partial charge in [0.05, 0.1) is 12.0 Å². The maximum Gasteiger partial charge on any atom is 0.407 e. The van der Waals surface area contributed by atoms with Crippen LogP contribution in [0.5, 0.6) is 0 Å². The highest BCUT2D eigenvalue weighted by Gasteiger charge is 2.45. The van der Waals surface area contributed by atoms with Gasteiger partial charge in [-0.15, -0.1) is 0 Å². The second-order valence-corrected chi connectivity index (χ2v) is 7.47. The fraction of sp³-hybridized carbons (Fsp3) is 0.611. The lowest BCUT2D eigenvalue weighted by molar-refractivity contribution is -0.135. The molecule has 4 heterocycles. The number of amides is 1.